The SMILES string of the molecule is O=C(Nc1cc(Cl)cc(Cl)c1)c1cccc(OC[C@H]2CCCO2)c1. The summed E-state index contributed by atoms with van der Waals surface area (Å²) in [5, 5.41) is 3.70. The van der Waals surface area contributed by atoms with Crippen LogP contribution in [0.5, 0.6) is 5.75 Å². The molecule has 126 valence electrons. The van der Waals surface area contributed by atoms with Crippen molar-refractivity contribution in [2.24, 2.45) is 0 Å². The molecule has 0 radical (unpaired) electrons. The molecule has 24 heavy (non-hydrogen) atoms. The van der Waals surface area contributed by atoms with E-state index >= 15 is 0 Å². The molecule has 1 heterocycles. The summed E-state index contributed by atoms with van der Waals surface area (Å²) in [5.74, 6) is 0.387. The molecule has 1 fully saturated rings. The Bertz CT molecular complexity index is 710. The van der Waals surface area contributed by atoms with Crippen LogP contribution >= 0.6 is 23.2 Å². The van der Waals surface area contributed by atoms with Gasteiger partial charge in [-0.05, 0) is 49.2 Å². The lowest BCUT2D eigenvalue weighted by Gasteiger charge is -2.12. The van der Waals surface area contributed by atoms with E-state index in [1.807, 2.05) is 6.07 Å². The number of benzene rings is 2. The molecule has 1 saturated heterocycles. The minimum absolute atomic E-state index is 0.135. The zero-order valence-corrected chi connectivity index (χ0v) is 14.4. The lowest BCUT2D eigenvalue weighted by Crippen LogP contribution is -2.17. The zero-order chi connectivity index (χ0) is 16.9. The van der Waals surface area contributed by atoms with Crippen LogP contribution in [0.2, 0.25) is 10.0 Å². The number of rotatable bonds is 5. The van der Waals surface area contributed by atoms with Crippen LogP contribution in [0.3, 0.4) is 0 Å². The average molecular weight is 366 g/mol. The van der Waals surface area contributed by atoms with E-state index in [-0.39, 0.29) is 12.0 Å². The van der Waals surface area contributed by atoms with E-state index in [1.165, 1.54) is 0 Å². The average Bonchev–Trinajstić information content (AvgIpc) is 3.05. The van der Waals surface area contributed by atoms with Gasteiger partial charge in [-0.15, -0.1) is 0 Å². The third kappa shape index (κ3) is 4.63. The Labute approximate surface area is 150 Å². The molecule has 2 aromatic rings. The van der Waals surface area contributed by atoms with E-state index in [0.29, 0.717) is 33.7 Å². The standard InChI is InChI=1S/C18H17Cl2NO3/c19-13-8-14(20)10-15(9-13)21-18(22)12-3-1-4-16(7-12)24-11-17-5-2-6-23-17/h1,3-4,7-10,17H,2,5-6,11H2,(H,21,22)/t17-/m1/s1. The highest BCUT2D eigenvalue weighted by molar-refractivity contribution is 6.35. The van der Waals surface area contributed by atoms with Crippen LogP contribution in [0.4, 0.5) is 5.69 Å². The molecule has 0 unspecified atom stereocenters. The molecule has 1 amide bonds. The number of carbonyl (C=O) groups is 1. The Hall–Kier alpha value is -1.75. The summed E-state index contributed by atoms with van der Waals surface area (Å²) in [6, 6.07) is 11.9. The molecular formula is C18H17Cl2NO3. The van der Waals surface area contributed by atoms with Crippen LogP contribution < -0.4 is 10.1 Å². The molecule has 4 nitrogen and oxygen atoms in total. The molecule has 2 aromatic carbocycles. The molecule has 6 heteroatoms. The summed E-state index contributed by atoms with van der Waals surface area (Å²) in [6.07, 6.45) is 2.21. The first-order valence-electron chi connectivity index (χ1n) is 7.72. The van der Waals surface area contributed by atoms with Gasteiger partial charge in [0.05, 0.1) is 6.10 Å². The second-order valence-electron chi connectivity index (χ2n) is 5.59. The fourth-order valence-electron chi connectivity index (χ4n) is 2.52. The summed E-state index contributed by atoms with van der Waals surface area (Å²) < 4.78 is 11.2. The van der Waals surface area contributed by atoms with Gasteiger partial charge in [0.25, 0.3) is 5.91 Å². The molecule has 3 rings (SSSR count). The third-order valence-electron chi connectivity index (χ3n) is 3.68. The predicted molar refractivity (Wildman–Crippen MR) is 95.3 cm³/mol. The van der Waals surface area contributed by atoms with Gasteiger partial charge < -0.3 is 14.8 Å². The first kappa shape index (κ1) is 17.1. The van der Waals surface area contributed by atoms with Gasteiger partial charge in [-0.1, -0.05) is 29.3 Å². The van der Waals surface area contributed by atoms with E-state index < -0.39 is 0 Å². The van der Waals surface area contributed by atoms with Crippen LogP contribution in [-0.2, 0) is 4.74 Å². The minimum atomic E-state index is -0.254. The third-order valence-corrected chi connectivity index (χ3v) is 4.11. The van der Waals surface area contributed by atoms with Crippen molar-refractivity contribution in [2.45, 2.75) is 18.9 Å². The van der Waals surface area contributed by atoms with E-state index in [9.17, 15) is 4.79 Å². The topological polar surface area (TPSA) is 47.6 Å². The Balaban J connectivity index is 1.64. The van der Waals surface area contributed by atoms with Crippen molar-refractivity contribution in [3.8, 4) is 5.75 Å². The molecule has 1 N–H and O–H groups in total. The lowest BCUT2D eigenvalue weighted by atomic mass is 10.2. The maximum Gasteiger partial charge on any atom is 0.255 e. The number of hydrogen-bond donors (Lipinski definition) is 1. The Morgan fingerprint density at radius 1 is 1.21 bits per heavy atom. The van der Waals surface area contributed by atoms with Crippen molar-refractivity contribution in [3.63, 3.8) is 0 Å². The number of carbonyl (C=O) groups excluding carboxylic acids is 1. The maximum atomic E-state index is 12.4. The molecule has 0 spiro atoms. The molecule has 0 saturated carbocycles. The molecule has 0 bridgehead atoms. The number of anilines is 1. The highest BCUT2D eigenvalue weighted by atomic mass is 35.5. The van der Waals surface area contributed by atoms with E-state index in [1.54, 1.807) is 36.4 Å². The molecule has 1 aliphatic heterocycles. The molecule has 0 aliphatic carbocycles. The highest BCUT2D eigenvalue weighted by Gasteiger charge is 2.16. The smallest absolute Gasteiger partial charge is 0.255 e. The van der Waals surface area contributed by atoms with Gasteiger partial charge in [0, 0.05) is 27.9 Å². The molecule has 0 aromatic heterocycles. The van der Waals surface area contributed by atoms with Gasteiger partial charge in [0.1, 0.15) is 12.4 Å². The Morgan fingerprint density at radius 2 is 2.00 bits per heavy atom. The number of nitrogens with one attached hydrogen (secondary N) is 1. The normalized spacial score (nSPS) is 16.8. The zero-order valence-electron chi connectivity index (χ0n) is 12.9. The summed E-state index contributed by atoms with van der Waals surface area (Å²) in [4.78, 5) is 12.4. The van der Waals surface area contributed by atoms with Gasteiger partial charge in [-0.2, -0.15) is 0 Å². The van der Waals surface area contributed by atoms with Crippen molar-refractivity contribution < 1.29 is 14.3 Å². The van der Waals surface area contributed by atoms with Crippen molar-refractivity contribution in [1.29, 1.82) is 0 Å². The van der Waals surface area contributed by atoms with Gasteiger partial charge in [-0.3, -0.25) is 4.79 Å². The van der Waals surface area contributed by atoms with Gasteiger partial charge in [0.15, 0.2) is 0 Å². The summed E-state index contributed by atoms with van der Waals surface area (Å²) in [5.41, 5.74) is 1.04. The lowest BCUT2D eigenvalue weighted by molar-refractivity contribution is 0.0679. The summed E-state index contributed by atoms with van der Waals surface area (Å²) in [7, 11) is 0. The van der Waals surface area contributed by atoms with Crippen molar-refractivity contribution in [3.05, 3.63) is 58.1 Å². The summed E-state index contributed by atoms with van der Waals surface area (Å²) in [6.45, 7) is 1.29. The maximum absolute atomic E-state index is 12.4. The van der Waals surface area contributed by atoms with Gasteiger partial charge >= 0.3 is 0 Å². The first-order chi connectivity index (χ1) is 11.6. The van der Waals surface area contributed by atoms with E-state index in [2.05, 4.69) is 5.32 Å². The van der Waals surface area contributed by atoms with Crippen LogP contribution in [0.15, 0.2) is 42.5 Å². The monoisotopic (exact) mass is 365 g/mol. The first-order valence-corrected chi connectivity index (χ1v) is 8.48. The molecule has 1 atom stereocenters. The minimum Gasteiger partial charge on any atom is -0.491 e. The number of halogens is 2. The number of ether oxygens (including phenoxy) is 2. The van der Waals surface area contributed by atoms with Crippen LogP contribution in [0.1, 0.15) is 23.2 Å². The second-order valence-corrected chi connectivity index (χ2v) is 6.46. The number of hydrogen-bond acceptors (Lipinski definition) is 3. The van der Waals surface area contributed by atoms with Gasteiger partial charge in [0.2, 0.25) is 0 Å². The molecular weight excluding hydrogens is 349 g/mol. The van der Waals surface area contributed by atoms with Crippen LogP contribution in [0, 0.1) is 0 Å². The fraction of sp³-hybridized carbons (Fsp3) is 0.278. The Kier molecular flexibility index (Phi) is 5.61. The number of amides is 1. The van der Waals surface area contributed by atoms with E-state index in [4.69, 9.17) is 32.7 Å². The summed E-state index contributed by atoms with van der Waals surface area (Å²) >= 11 is 11.9. The van der Waals surface area contributed by atoms with Crippen molar-refractivity contribution in [1.82, 2.24) is 0 Å². The Morgan fingerprint density at radius 3 is 2.71 bits per heavy atom. The van der Waals surface area contributed by atoms with Gasteiger partial charge in [-0.25, -0.2) is 0 Å². The quantitative estimate of drug-likeness (QED) is 0.827. The molecule has 1 aliphatic rings. The largest absolute Gasteiger partial charge is 0.491 e. The second kappa shape index (κ2) is 7.88. The van der Waals surface area contributed by atoms with Crippen molar-refractivity contribution >= 4 is 34.8 Å². The van der Waals surface area contributed by atoms with Crippen molar-refractivity contribution in [2.75, 3.05) is 18.5 Å². The predicted octanol–water partition coefficient (Wildman–Crippen LogP) is 4.80. The van der Waals surface area contributed by atoms with Crippen LogP contribution in [0.25, 0.3) is 0 Å². The fourth-order valence-corrected chi connectivity index (χ4v) is 3.05. The van der Waals surface area contributed by atoms with E-state index in [0.717, 1.165) is 19.4 Å². The van der Waals surface area contributed by atoms with Crippen LogP contribution in [-0.4, -0.2) is 25.2 Å². The highest BCUT2D eigenvalue weighted by Crippen LogP contribution is 2.23.